The number of rotatable bonds is 4. The molecule has 1 heterocycles. The second-order valence-corrected chi connectivity index (χ2v) is 7.80. The van der Waals surface area contributed by atoms with Crippen LogP contribution in [0.4, 0.5) is 11.4 Å². The summed E-state index contributed by atoms with van der Waals surface area (Å²) in [5.74, 6) is 0. The Balaban J connectivity index is 2.23. The Bertz CT molecular complexity index is 728. The van der Waals surface area contributed by atoms with E-state index in [2.05, 4.69) is 15.9 Å². The van der Waals surface area contributed by atoms with Gasteiger partial charge in [-0.1, -0.05) is 0 Å². The van der Waals surface area contributed by atoms with Gasteiger partial charge in [-0.25, -0.2) is 13.6 Å². The number of nitrogen functional groups attached to an aromatic ring is 1. The maximum Gasteiger partial charge on any atom is 0.240 e. The summed E-state index contributed by atoms with van der Waals surface area (Å²) in [5.41, 5.74) is 6.74. The topological polar surface area (TPSA) is 89.4 Å². The number of anilines is 2. The van der Waals surface area contributed by atoms with Crippen LogP contribution in [0, 0.1) is 0 Å². The van der Waals surface area contributed by atoms with Gasteiger partial charge >= 0.3 is 0 Å². The van der Waals surface area contributed by atoms with Crippen molar-refractivity contribution >= 4 is 48.7 Å². The maximum absolute atomic E-state index is 11.3. The van der Waals surface area contributed by atoms with E-state index in [1.807, 2.05) is 23.4 Å². The standard InChI is InChI=1S/C12H14BrN3O2S2/c1-16(6-10-4-8(13)7-19-10)9-2-3-12(11(14)5-9)20(15,17)18/h2-5,7H,6,14H2,1H3,(H2,15,17,18). The minimum absolute atomic E-state index is 0.0477. The van der Waals surface area contributed by atoms with Crippen LogP contribution in [0.1, 0.15) is 4.88 Å². The Labute approximate surface area is 130 Å². The first-order valence-corrected chi connectivity index (χ1v) is 8.85. The Morgan fingerprint density at radius 3 is 2.55 bits per heavy atom. The van der Waals surface area contributed by atoms with Crippen LogP contribution in [-0.4, -0.2) is 15.5 Å². The third-order valence-corrected chi connectivity index (χ3v) is 5.42. The van der Waals surface area contributed by atoms with E-state index in [4.69, 9.17) is 10.9 Å². The van der Waals surface area contributed by atoms with Gasteiger partial charge in [-0.3, -0.25) is 0 Å². The molecule has 0 saturated heterocycles. The maximum atomic E-state index is 11.3. The molecule has 2 rings (SSSR count). The molecule has 4 N–H and O–H groups in total. The predicted molar refractivity (Wildman–Crippen MR) is 86.4 cm³/mol. The number of nitrogens with zero attached hydrogens (tertiary/aromatic N) is 1. The summed E-state index contributed by atoms with van der Waals surface area (Å²) in [5, 5.41) is 7.10. The SMILES string of the molecule is CN(Cc1cc(Br)cs1)c1ccc(S(N)(=O)=O)c(N)c1. The highest BCUT2D eigenvalue weighted by molar-refractivity contribution is 9.10. The summed E-state index contributed by atoms with van der Waals surface area (Å²) in [4.78, 5) is 3.13. The second kappa shape index (κ2) is 5.72. The van der Waals surface area contributed by atoms with Crippen LogP contribution in [0.25, 0.3) is 0 Å². The molecule has 0 unspecified atom stereocenters. The molecule has 0 amide bonds. The predicted octanol–water partition coefficient (Wildman–Crippen LogP) is 2.38. The van der Waals surface area contributed by atoms with Crippen LogP contribution in [0.15, 0.2) is 39.0 Å². The molecule has 0 fully saturated rings. The Hall–Kier alpha value is -1.09. The summed E-state index contributed by atoms with van der Waals surface area (Å²) in [6.07, 6.45) is 0. The van der Waals surface area contributed by atoms with Crippen molar-refractivity contribution in [1.82, 2.24) is 0 Å². The number of primary sulfonamides is 1. The van der Waals surface area contributed by atoms with E-state index in [9.17, 15) is 8.42 Å². The monoisotopic (exact) mass is 375 g/mol. The largest absolute Gasteiger partial charge is 0.398 e. The summed E-state index contributed by atoms with van der Waals surface area (Å²) in [6, 6.07) is 6.78. The van der Waals surface area contributed by atoms with E-state index < -0.39 is 10.0 Å². The van der Waals surface area contributed by atoms with Crippen molar-refractivity contribution in [2.45, 2.75) is 11.4 Å². The van der Waals surface area contributed by atoms with Gasteiger partial charge in [0.2, 0.25) is 10.0 Å². The van der Waals surface area contributed by atoms with Crippen LogP contribution >= 0.6 is 27.3 Å². The zero-order valence-electron chi connectivity index (χ0n) is 10.7. The van der Waals surface area contributed by atoms with E-state index >= 15 is 0 Å². The van der Waals surface area contributed by atoms with Crippen LogP contribution in [-0.2, 0) is 16.6 Å². The van der Waals surface area contributed by atoms with E-state index in [-0.39, 0.29) is 10.6 Å². The molecule has 1 aromatic carbocycles. The summed E-state index contributed by atoms with van der Waals surface area (Å²) >= 11 is 5.06. The Kier molecular flexibility index (Phi) is 4.38. The average Bonchev–Trinajstić information content (AvgIpc) is 2.73. The molecule has 5 nitrogen and oxygen atoms in total. The molecule has 0 aliphatic carbocycles. The number of halogens is 1. The number of hydrogen-bond donors (Lipinski definition) is 2. The fourth-order valence-electron chi connectivity index (χ4n) is 1.79. The molecule has 8 heteroatoms. The first-order valence-electron chi connectivity index (χ1n) is 5.64. The number of hydrogen-bond acceptors (Lipinski definition) is 5. The van der Waals surface area contributed by atoms with Crippen LogP contribution in [0.2, 0.25) is 0 Å². The highest BCUT2D eigenvalue weighted by Crippen LogP contribution is 2.26. The lowest BCUT2D eigenvalue weighted by Crippen LogP contribution is -2.18. The van der Waals surface area contributed by atoms with Gasteiger partial charge in [-0.05, 0) is 40.2 Å². The third-order valence-electron chi connectivity index (χ3n) is 2.76. The Morgan fingerprint density at radius 1 is 1.35 bits per heavy atom. The van der Waals surface area contributed by atoms with Crippen LogP contribution in [0.3, 0.4) is 0 Å². The van der Waals surface area contributed by atoms with Crippen LogP contribution < -0.4 is 15.8 Å². The molecular formula is C12H14BrN3O2S2. The highest BCUT2D eigenvalue weighted by atomic mass is 79.9. The quantitative estimate of drug-likeness (QED) is 0.802. The van der Waals surface area contributed by atoms with Gasteiger partial charge in [0.25, 0.3) is 0 Å². The Morgan fingerprint density at radius 2 is 2.05 bits per heavy atom. The zero-order chi connectivity index (χ0) is 14.9. The lowest BCUT2D eigenvalue weighted by Gasteiger charge is -2.19. The number of benzene rings is 1. The highest BCUT2D eigenvalue weighted by Gasteiger charge is 2.13. The van der Waals surface area contributed by atoms with Crippen molar-refractivity contribution in [3.8, 4) is 0 Å². The molecule has 20 heavy (non-hydrogen) atoms. The normalized spacial score (nSPS) is 11.6. The van der Waals surface area contributed by atoms with Crippen LogP contribution in [0.5, 0.6) is 0 Å². The van der Waals surface area contributed by atoms with Gasteiger partial charge < -0.3 is 10.6 Å². The van der Waals surface area contributed by atoms with Gasteiger partial charge in [0.1, 0.15) is 4.90 Å². The van der Waals surface area contributed by atoms with Crippen molar-refractivity contribution in [1.29, 1.82) is 0 Å². The second-order valence-electron chi connectivity index (χ2n) is 4.35. The van der Waals surface area contributed by atoms with Gasteiger partial charge in [0, 0.05) is 27.5 Å². The zero-order valence-corrected chi connectivity index (χ0v) is 13.9. The fourth-order valence-corrected chi connectivity index (χ4v) is 3.94. The van der Waals surface area contributed by atoms with E-state index in [1.54, 1.807) is 23.5 Å². The van der Waals surface area contributed by atoms with E-state index in [0.717, 1.165) is 10.2 Å². The number of thiophene rings is 1. The summed E-state index contributed by atoms with van der Waals surface area (Å²) < 4.78 is 23.7. The smallest absolute Gasteiger partial charge is 0.240 e. The van der Waals surface area contributed by atoms with Crippen molar-refractivity contribution in [3.63, 3.8) is 0 Å². The molecule has 2 aromatic rings. The lowest BCUT2D eigenvalue weighted by atomic mass is 10.2. The summed E-state index contributed by atoms with van der Waals surface area (Å²) in [6.45, 7) is 0.713. The average molecular weight is 376 g/mol. The molecule has 0 radical (unpaired) electrons. The first-order chi connectivity index (χ1) is 9.27. The van der Waals surface area contributed by atoms with Crippen molar-refractivity contribution < 1.29 is 8.42 Å². The fraction of sp³-hybridized carbons (Fsp3) is 0.167. The van der Waals surface area contributed by atoms with Crippen molar-refractivity contribution in [2.75, 3.05) is 17.7 Å². The molecule has 0 bridgehead atoms. The van der Waals surface area contributed by atoms with Gasteiger partial charge in [-0.15, -0.1) is 11.3 Å². The lowest BCUT2D eigenvalue weighted by molar-refractivity contribution is 0.598. The first kappa shape index (κ1) is 15.3. The third kappa shape index (κ3) is 3.51. The van der Waals surface area contributed by atoms with Gasteiger partial charge in [0.05, 0.1) is 12.2 Å². The van der Waals surface area contributed by atoms with Gasteiger partial charge in [-0.2, -0.15) is 0 Å². The molecule has 0 saturated carbocycles. The molecule has 0 spiro atoms. The molecule has 108 valence electrons. The van der Waals surface area contributed by atoms with Gasteiger partial charge in [0.15, 0.2) is 0 Å². The molecular weight excluding hydrogens is 362 g/mol. The summed E-state index contributed by atoms with van der Waals surface area (Å²) in [7, 11) is -1.86. The molecule has 0 aliphatic heterocycles. The minimum Gasteiger partial charge on any atom is -0.398 e. The number of sulfonamides is 1. The van der Waals surface area contributed by atoms with E-state index in [0.29, 0.717) is 6.54 Å². The van der Waals surface area contributed by atoms with Crippen molar-refractivity contribution in [3.05, 3.63) is 39.0 Å². The minimum atomic E-state index is -3.78. The van der Waals surface area contributed by atoms with Crippen molar-refractivity contribution in [2.24, 2.45) is 5.14 Å². The van der Waals surface area contributed by atoms with E-state index in [1.165, 1.54) is 10.9 Å². The molecule has 0 aliphatic rings. The number of nitrogens with two attached hydrogens (primary N) is 2. The molecule has 1 aromatic heterocycles. The molecule has 0 atom stereocenters.